The maximum Gasteiger partial charge on any atom is 0.223 e. The first-order chi connectivity index (χ1) is 10.1. The molecule has 1 unspecified atom stereocenters. The summed E-state index contributed by atoms with van der Waals surface area (Å²) in [5.41, 5.74) is 0.498. The van der Waals surface area contributed by atoms with Gasteiger partial charge in [-0.1, -0.05) is 6.07 Å². The fourth-order valence-corrected chi connectivity index (χ4v) is 2.67. The van der Waals surface area contributed by atoms with Gasteiger partial charge in [0.25, 0.3) is 0 Å². The van der Waals surface area contributed by atoms with E-state index in [-0.39, 0.29) is 17.7 Å². The predicted octanol–water partition coefficient (Wildman–Crippen LogP) is 2.58. The Labute approximate surface area is 125 Å². The van der Waals surface area contributed by atoms with Crippen LogP contribution in [0.5, 0.6) is 5.75 Å². The number of hydrogen-bond donors (Lipinski definition) is 2. The van der Waals surface area contributed by atoms with Crippen molar-refractivity contribution < 1.29 is 14.3 Å². The van der Waals surface area contributed by atoms with Crippen LogP contribution in [0.2, 0.25) is 0 Å². The van der Waals surface area contributed by atoms with Gasteiger partial charge in [-0.15, -0.1) is 0 Å². The molecule has 2 N–H and O–H groups in total. The Bertz CT molecular complexity index is 487. The molecule has 116 valence electrons. The van der Waals surface area contributed by atoms with Crippen molar-refractivity contribution in [3.05, 3.63) is 29.6 Å². The van der Waals surface area contributed by atoms with Crippen LogP contribution in [0.3, 0.4) is 0 Å². The molecule has 0 radical (unpaired) electrons. The molecule has 21 heavy (non-hydrogen) atoms. The first-order valence-electron chi connectivity index (χ1n) is 7.57. The minimum atomic E-state index is -0.433. The van der Waals surface area contributed by atoms with E-state index < -0.39 is 5.82 Å². The second-order valence-electron chi connectivity index (χ2n) is 5.57. The molecule has 1 heterocycles. The van der Waals surface area contributed by atoms with Crippen LogP contribution in [0.15, 0.2) is 18.2 Å². The van der Waals surface area contributed by atoms with Crippen molar-refractivity contribution in [2.75, 3.05) is 19.6 Å². The van der Waals surface area contributed by atoms with Gasteiger partial charge in [-0.25, -0.2) is 4.39 Å². The highest BCUT2D eigenvalue weighted by molar-refractivity contribution is 5.76. The lowest BCUT2D eigenvalue weighted by Crippen LogP contribution is -2.37. The van der Waals surface area contributed by atoms with Gasteiger partial charge in [-0.3, -0.25) is 4.79 Å². The van der Waals surface area contributed by atoms with E-state index in [9.17, 15) is 14.3 Å². The third-order valence-electron chi connectivity index (χ3n) is 3.95. The molecule has 0 saturated carbocycles. The Balaban J connectivity index is 1.78. The summed E-state index contributed by atoms with van der Waals surface area (Å²) in [6.45, 7) is 4.10. The van der Waals surface area contributed by atoms with Gasteiger partial charge in [0.2, 0.25) is 5.91 Å². The Morgan fingerprint density at radius 2 is 2.10 bits per heavy atom. The zero-order chi connectivity index (χ0) is 15.2. The summed E-state index contributed by atoms with van der Waals surface area (Å²) in [6, 6.07) is 3.94. The summed E-state index contributed by atoms with van der Waals surface area (Å²) >= 11 is 0. The third kappa shape index (κ3) is 4.43. The second kappa shape index (κ2) is 7.41. The van der Waals surface area contributed by atoms with Crippen LogP contribution in [-0.4, -0.2) is 35.5 Å². The molecule has 0 aliphatic carbocycles. The van der Waals surface area contributed by atoms with E-state index >= 15 is 0 Å². The average Bonchev–Trinajstić information content (AvgIpc) is 2.47. The Morgan fingerprint density at radius 3 is 2.76 bits per heavy atom. The van der Waals surface area contributed by atoms with Gasteiger partial charge in [0.1, 0.15) is 11.6 Å². The normalized spacial score (nSPS) is 16.8. The van der Waals surface area contributed by atoms with Crippen molar-refractivity contribution in [1.82, 2.24) is 10.2 Å². The number of halogens is 1. The molecule has 1 saturated heterocycles. The number of piperidine rings is 1. The van der Waals surface area contributed by atoms with Crippen LogP contribution in [0.1, 0.15) is 44.2 Å². The molecule has 1 aliphatic rings. The topological polar surface area (TPSA) is 52.6 Å². The van der Waals surface area contributed by atoms with E-state index in [1.54, 1.807) is 6.07 Å². The molecular formula is C16H23FN2O2. The van der Waals surface area contributed by atoms with E-state index in [4.69, 9.17) is 0 Å². The summed E-state index contributed by atoms with van der Waals surface area (Å²) in [7, 11) is 0. The van der Waals surface area contributed by atoms with Gasteiger partial charge in [-0.2, -0.15) is 0 Å². The van der Waals surface area contributed by atoms with Crippen LogP contribution in [-0.2, 0) is 4.79 Å². The Kier molecular flexibility index (Phi) is 5.56. The van der Waals surface area contributed by atoms with Gasteiger partial charge >= 0.3 is 0 Å². The number of carbonyl (C=O) groups excluding carboxylic acids is 1. The van der Waals surface area contributed by atoms with E-state index in [1.807, 2.05) is 11.8 Å². The number of nitrogens with one attached hydrogen (secondary N) is 1. The van der Waals surface area contributed by atoms with E-state index in [0.717, 1.165) is 32.0 Å². The van der Waals surface area contributed by atoms with Gasteiger partial charge in [-0.05, 0) is 32.3 Å². The van der Waals surface area contributed by atoms with Crippen molar-refractivity contribution in [2.45, 2.75) is 38.6 Å². The quantitative estimate of drug-likeness (QED) is 0.877. The molecule has 1 amide bonds. The molecule has 0 bridgehead atoms. The van der Waals surface area contributed by atoms with E-state index in [0.29, 0.717) is 18.5 Å². The summed E-state index contributed by atoms with van der Waals surface area (Å²) in [5.74, 6) is -0.346. The molecule has 1 fully saturated rings. The fraction of sp³-hybridized carbons (Fsp3) is 0.562. The summed E-state index contributed by atoms with van der Waals surface area (Å²) < 4.78 is 13.7. The van der Waals surface area contributed by atoms with Crippen molar-refractivity contribution in [1.29, 1.82) is 0 Å². The molecule has 1 aromatic rings. The number of benzene rings is 1. The SMILES string of the molecule is CC(NCCC(=O)N1CCCCC1)c1ccc(O)cc1F. The lowest BCUT2D eigenvalue weighted by Gasteiger charge is -2.27. The van der Waals surface area contributed by atoms with Gasteiger partial charge in [0.05, 0.1) is 0 Å². The maximum atomic E-state index is 13.7. The maximum absolute atomic E-state index is 13.7. The first kappa shape index (κ1) is 15.8. The minimum absolute atomic E-state index is 0.0799. The molecule has 1 aliphatic heterocycles. The molecule has 1 aromatic carbocycles. The second-order valence-corrected chi connectivity index (χ2v) is 5.57. The predicted molar refractivity (Wildman–Crippen MR) is 79.5 cm³/mol. The zero-order valence-electron chi connectivity index (χ0n) is 12.4. The highest BCUT2D eigenvalue weighted by Gasteiger charge is 2.17. The minimum Gasteiger partial charge on any atom is -0.508 e. The number of carbonyl (C=O) groups is 1. The molecule has 0 aromatic heterocycles. The standard InChI is InChI=1S/C16H23FN2O2/c1-12(14-6-5-13(20)11-15(14)17)18-8-7-16(21)19-9-3-2-4-10-19/h5-6,11-12,18,20H,2-4,7-10H2,1H3. The first-order valence-corrected chi connectivity index (χ1v) is 7.57. The fourth-order valence-electron chi connectivity index (χ4n) is 2.67. The van der Waals surface area contributed by atoms with Crippen LogP contribution in [0.4, 0.5) is 4.39 Å². The molecular weight excluding hydrogens is 271 g/mol. The van der Waals surface area contributed by atoms with Crippen LogP contribution >= 0.6 is 0 Å². The molecule has 4 nitrogen and oxygen atoms in total. The van der Waals surface area contributed by atoms with Gasteiger partial charge in [0, 0.05) is 43.7 Å². The lowest BCUT2D eigenvalue weighted by molar-refractivity contribution is -0.132. The number of nitrogens with zero attached hydrogens (tertiary/aromatic N) is 1. The average molecular weight is 294 g/mol. The summed E-state index contributed by atoms with van der Waals surface area (Å²) in [4.78, 5) is 13.9. The number of likely N-dealkylation sites (tertiary alicyclic amines) is 1. The highest BCUT2D eigenvalue weighted by Crippen LogP contribution is 2.20. The molecule has 5 heteroatoms. The van der Waals surface area contributed by atoms with Crippen LogP contribution < -0.4 is 5.32 Å². The Hall–Kier alpha value is -1.62. The lowest BCUT2D eigenvalue weighted by atomic mass is 10.1. The molecule has 0 spiro atoms. The number of phenols is 1. The number of rotatable bonds is 5. The number of hydrogen-bond acceptors (Lipinski definition) is 3. The molecule has 2 rings (SSSR count). The summed E-state index contributed by atoms with van der Waals surface area (Å²) in [6.07, 6.45) is 3.83. The van der Waals surface area contributed by atoms with E-state index in [1.165, 1.54) is 12.5 Å². The highest BCUT2D eigenvalue weighted by atomic mass is 19.1. The van der Waals surface area contributed by atoms with Crippen molar-refractivity contribution in [3.63, 3.8) is 0 Å². The molecule has 1 atom stereocenters. The number of amides is 1. The van der Waals surface area contributed by atoms with Crippen LogP contribution in [0, 0.1) is 5.82 Å². The van der Waals surface area contributed by atoms with Crippen LogP contribution in [0.25, 0.3) is 0 Å². The van der Waals surface area contributed by atoms with Gasteiger partial charge in [0.15, 0.2) is 0 Å². The largest absolute Gasteiger partial charge is 0.508 e. The van der Waals surface area contributed by atoms with Crippen molar-refractivity contribution in [3.8, 4) is 5.75 Å². The third-order valence-corrected chi connectivity index (χ3v) is 3.95. The number of aromatic hydroxyl groups is 1. The summed E-state index contributed by atoms with van der Waals surface area (Å²) in [5, 5.41) is 12.4. The van der Waals surface area contributed by atoms with Crippen molar-refractivity contribution >= 4 is 5.91 Å². The monoisotopic (exact) mass is 294 g/mol. The zero-order valence-corrected chi connectivity index (χ0v) is 12.4. The van der Waals surface area contributed by atoms with Crippen molar-refractivity contribution in [2.24, 2.45) is 0 Å². The smallest absolute Gasteiger partial charge is 0.223 e. The Morgan fingerprint density at radius 1 is 1.38 bits per heavy atom. The number of phenolic OH excluding ortho intramolecular Hbond substituents is 1. The van der Waals surface area contributed by atoms with E-state index in [2.05, 4.69) is 5.32 Å². The van der Waals surface area contributed by atoms with Gasteiger partial charge < -0.3 is 15.3 Å².